The van der Waals surface area contributed by atoms with Crippen molar-refractivity contribution in [2.75, 3.05) is 4.90 Å². The number of aryl methyl sites for hydroxylation is 4. The van der Waals surface area contributed by atoms with Crippen LogP contribution >= 0.6 is 0 Å². The van der Waals surface area contributed by atoms with Crippen molar-refractivity contribution in [3.63, 3.8) is 0 Å². The van der Waals surface area contributed by atoms with Gasteiger partial charge in [0.2, 0.25) is 26.9 Å². The summed E-state index contributed by atoms with van der Waals surface area (Å²) in [4.78, 5) is 2.41. The number of benzene rings is 10. The topological polar surface area (TPSA) is 3.24 Å². The summed E-state index contributed by atoms with van der Waals surface area (Å²) in [6, 6.07) is 80.7. The van der Waals surface area contributed by atoms with Crippen molar-refractivity contribution < 1.29 is 0 Å². The average Bonchev–Trinajstić information content (AvgIpc) is 3.35. The van der Waals surface area contributed by atoms with Crippen LogP contribution in [-0.4, -0.2) is 26.9 Å². The molecule has 5 heteroatoms. The normalized spacial score (nSPS) is 13.0. The Bertz CT molecular complexity index is 3540. The van der Waals surface area contributed by atoms with Gasteiger partial charge < -0.3 is 4.90 Å². The van der Waals surface area contributed by atoms with Gasteiger partial charge in [0.05, 0.1) is 5.69 Å². The van der Waals surface area contributed by atoms with Gasteiger partial charge in [-0.1, -0.05) is 259 Å². The smallest absolute Gasteiger partial charge is 0.240 e. The van der Waals surface area contributed by atoms with Crippen LogP contribution in [0.5, 0.6) is 0 Å². The Morgan fingerprint density at radius 1 is 0.313 bits per heavy atom. The number of rotatable bonds is 6. The first-order chi connectivity index (χ1) is 32.9. The Morgan fingerprint density at radius 2 is 0.716 bits per heavy atom. The van der Waals surface area contributed by atoms with Crippen LogP contribution in [0, 0.1) is 27.7 Å². The highest BCUT2D eigenvalue weighted by atomic mass is 15.1. The third-order valence-electron chi connectivity index (χ3n) is 15.3. The fraction of sp³-hybridized carbons (Fsp3) is 0.0645. The van der Waals surface area contributed by atoms with Crippen molar-refractivity contribution in [1.29, 1.82) is 0 Å². The summed E-state index contributed by atoms with van der Waals surface area (Å²) in [5, 5.41) is 2.53. The van der Waals surface area contributed by atoms with Crippen molar-refractivity contribution in [1.82, 2.24) is 0 Å². The van der Waals surface area contributed by atoms with Gasteiger partial charge >= 0.3 is 0 Å². The molecule has 312 valence electrons. The molecule has 0 saturated heterocycles. The molecule has 0 fully saturated rings. The molecule has 3 heterocycles. The number of hydrogen-bond acceptors (Lipinski definition) is 1. The Balaban J connectivity index is 1.00. The molecule has 10 aromatic carbocycles. The summed E-state index contributed by atoms with van der Waals surface area (Å²) in [5.41, 5.74) is 28.5. The van der Waals surface area contributed by atoms with Crippen LogP contribution < -0.4 is 70.5 Å². The van der Waals surface area contributed by atoms with Gasteiger partial charge in [0.25, 0.3) is 0 Å². The fourth-order valence-electron chi connectivity index (χ4n) is 13.0. The first kappa shape index (κ1) is 39.8. The molecule has 10 aromatic rings. The molecular weight excluding hydrogens is 802 g/mol. The van der Waals surface area contributed by atoms with Crippen LogP contribution in [0.15, 0.2) is 212 Å². The van der Waals surface area contributed by atoms with Gasteiger partial charge in [-0.05, 0) is 85.7 Å². The molecule has 0 radical (unpaired) electrons. The lowest BCUT2D eigenvalue weighted by Gasteiger charge is -2.43. The van der Waals surface area contributed by atoms with Crippen molar-refractivity contribution in [2.24, 2.45) is 0 Å². The van der Waals surface area contributed by atoms with E-state index in [1.807, 2.05) is 0 Å². The van der Waals surface area contributed by atoms with Gasteiger partial charge in [0, 0.05) is 16.8 Å². The SMILES string of the molecule is Cc1cc(C)cc(-c2c(C)cc(B3c4ccccc4B4c5cccc6c5B(c5ccccc5B6c5cccc6c(N(c7ccccc7)c7ccccc7)cccc56)c5cccc3c54)cc2C)c1. The quantitative estimate of drug-likeness (QED) is 0.180. The molecular formula is C62H47B4N. The second-order valence-corrected chi connectivity index (χ2v) is 19.3. The lowest BCUT2D eigenvalue weighted by atomic mass is 9.11. The van der Waals surface area contributed by atoms with E-state index in [2.05, 4.69) is 245 Å². The number of para-hydroxylation sites is 2. The van der Waals surface area contributed by atoms with Gasteiger partial charge in [0.1, 0.15) is 0 Å². The van der Waals surface area contributed by atoms with Crippen LogP contribution in [0.25, 0.3) is 21.9 Å². The zero-order valence-corrected chi connectivity index (χ0v) is 38.5. The standard InChI is InChI=1S/C62H47B4N/c1-40-35-41(2)37-44(36-40)60-42(3)38-45(39-43(60)4)63-51-25-11-13-27-53(51)65-58-33-18-31-56-62(58)66(57-32-17-30-55(63)61(57)65)54-28-14-12-26-52(54)64(56)50-29-15-24-49-48(50)23-16-34-59(49)67(46-19-7-5-8-20-46)47-21-9-6-10-22-47/h5-39H,1-4H3. The highest BCUT2D eigenvalue weighted by molar-refractivity contribution is 7.22. The van der Waals surface area contributed by atoms with Crippen molar-refractivity contribution in [3.05, 3.63) is 235 Å². The van der Waals surface area contributed by atoms with E-state index in [9.17, 15) is 0 Å². The number of hydrogen-bond donors (Lipinski definition) is 0. The Morgan fingerprint density at radius 3 is 1.27 bits per heavy atom. The first-order valence-corrected chi connectivity index (χ1v) is 24.0. The van der Waals surface area contributed by atoms with E-state index in [-0.39, 0.29) is 26.9 Å². The number of fused-ring (bicyclic) bond motifs is 7. The third kappa shape index (κ3) is 6.14. The monoisotopic (exact) mass is 849 g/mol. The Hall–Kier alpha value is -7.48. The number of anilines is 3. The van der Waals surface area contributed by atoms with E-state index in [0.717, 1.165) is 11.4 Å². The van der Waals surface area contributed by atoms with Crippen LogP contribution in [0.4, 0.5) is 17.1 Å². The van der Waals surface area contributed by atoms with Crippen LogP contribution in [0.1, 0.15) is 22.3 Å². The molecule has 0 spiro atoms. The van der Waals surface area contributed by atoms with Gasteiger partial charge in [0.15, 0.2) is 0 Å². The van der Waals surface area contributed by atoms with Gasteiger partial charge in [-0.15, -0.1) is 0 Å². The minimum atomic E-state index is 0.0567. The Kier molecular flexibility index (Phi) is 9.26. The lowest BCUT2D eigenvalue weighted by Crippen LogP contribution is -2.89. The molecule has 1 nitrogen and oxygen atoms in total. The fourth-order valence-corrected chi connectivity index (χ4v) is 13.0. The van der Waals surface area contributed by atoms with E-state index in [1.54, 1.807) is 0 Å². The summed E-state index contributed by atoms with van der Waals surface area (Å²) in [5.74, 6) is 0. The predicted octanol–water partition coefficient (Wildman–Crippen LogP) is 6.22. The van der Waals surface area contributed by atoms with Crippen molar-refractivity contribution >= 4 is 120 Å². The van der Waals surface area contributed by atoms with E-state index in [4.69, 9.17) is 0 Å². The van der Waals surface area contributed by atoms with E-state index in [1.165, 1.54) is 115 Å². The maximum Gasteiger partial charge on any atom is 0.240 e. The zero-order chi connectivity index (χ0) is 44.9. The molecule has 13 rings (SSSR count). The van der Waals surface area contributed by atoms with E-state index >= 15 is 0 Å². The minimum Gasteiger partial charge on any atom is -0.310 e. The highest BCUT2D eigenvalue weighted by Gasteiger charge is 2.50. The molecule has 3 aliphatic rings. The Labute approximate surface area is 396 Å². The van der Waals surface area contributed by atoms with Crippen LogP contribution in [-0.2, 0) is 0 Å². The van der Waals surface area contributed by atoms with E-state index in [0.29, 0.717) is 0 Å². The van der Waals surface area contributed by atoms with Gasteiger partial charge in [-0.25, -0.2) is 0 Å². The summed E-state index contributed by atoms with van der Waals surface area (Å²) in [6.07, 6.45) is 0. The molecule has 0 amide bonds. The molecule has 0 N–H and O–H groups in total. The molecule has 0 saturated carbocycles. The second kappa shape index (κ2) is 15.6. The van der Waals surface area contributed by atoms with Crippen molar-refractivity contribution in [2.45, 2.75) is 27.7 Å². The van der Waals surface area contributed by atoms with E-state index < -0.39 is 0 Å². The molecule has 0 aromatic heterocycles. The van der Waals surface area contributed by atoms with Gasteiger partial charge in [-0.2, -0.15) is 0 Å². The predicted molar refractivity (Wildman–Crippen MR) is 294 cm³/mol. The maximum atomic E-state index is 2.49. The van der Waals surface area contributed by atoms with Crippen LogP contribution in [0.3, 0.4) is 0 Å². The highest BCUT2D eigenvalue weighted by Crippen LogP contribution is 2.38. The lowest BCUT2D eigenvalue weighted by molar-refractivity contribution is 1.30. The minimum absolute atomic E-state index is 0.0567. The molecule has 0 unspecified atom stereocenters. The molecule has 0 atom stereocenters. The summed E-state index contributed by atoms with van der Waals surface area (Å²) in [6.45, 7) is 9.49. The maximum absolute atomic E-state index is 2.49. The number of nitrogens with zero attached hydrogens (tertiary/aromatic N) is 1. The largest absolute Gasteiger partial charge is 0.310 e. The van der Waals surface area contributed by atoms with Crippen LogP contribution in [0.2, 0.25) is 0 Å². The summed E-state index contributed by atoms with van der Waals surface area (Å²) >= 11 is 0. The molecule has 0 bridgehead atoms. The third-order valence-corrected chi connectivity index (χ3v) is 15.3. The van der Waals surface area contributed by atoms with Crippen molar-refractivity contribution in [3.8, 4) is 11.1 Å². The zero-order valence-electron chi connectivity index (χ0n) is 38.5. The molecule has 67 heavy (non-hydrogen) atoms. The molecule has 0 aliphatic carbocycles. The average molecular weight is 849 g/mol. The summed E-state index contributed by atoms with van der Waals surface area (Å²) in [7, 11) is 0. The summed E-state index contributed by atoms with van der Waals surface area (Å²) < 4.78 is 0. The first-order valence-electron chi connectivity index (χ1n) is 24.0. The second-order valence-electron chi connectivity index (χ2n) is 19.3. The van der Waals surface area contributed by atoms with Gasteiger partial charge in [-0.3, -0.25) is 0 Å². The molecule has 3 aliphatic heterocycles.